The van der Waals surface area contributed by atoms with Crippen molar-refractivity contribution in [2.24, 2.45) is 0 Å². The van der Waals surface area contributed by atoms with Crippen LogP contribution in [0.15, 0.2) is 78.9 Å². The molecule has 0 aliphatic carbocycles. The second-order valence-corrected chi connectivity index (χ2v) is 6.43. The van der Waals surface area contributed by atoms with Crippen LogP contribution in [0.2, 0.25) is 0 Å². The summed E-state index contributed by atoms with van der Waals surface area (Å²) in [4.78, 5) is 24.9. The molecule has 0 heterocycles. The van der Waals surface area contributed by atoms with Crippen LogP contribution in [0, 0.1) is 0 Å². The summed E-state index contributed by atoms with van der Waals surface area (Å²) in [5, 5.41) is 2.88. The van der Waals surface area contributed by atoms with E-state index in [2.05, 4.69) is 12.2 Å². The van der Waals surface area contributed by atoms with Gasteiger partial charge in [-0.2, -0.15) is 0 Å². The van der Waals surface area contributed by atoms with E-state index in [1.807, 2.05) is 54.6 Å². The summed E-state index contributed by atoms with van der Waals surface area (Å²) in [5.74, 6) is 0.0351. The second kappa shape index (κ2) is 9.51. The van der Waals surface area contributed by atoms with Crippen LogP contribution in [-0.4, -0.2) is 18.3 Å². The van der Waals surface area contributed by atoms with Crippen molar-refractivity contribution in [2.45, 2.75) is 19.9 Å². The Morgan fingerprint density at radius 2 is 1.50 bits per heavy atom. The average molecular weight is 373 g/mol. The molecule has 0 fully saturated rings. The fraction of sp³-hybridized carbons (Fsp3) is 0.167. The third kappa shape index (κ3) is 5.07. The predicted octanol–water partition coefficient (Wildman–Crippen LogP) is 4.44. The highest BCUT2D eigenvalue weighted by Gasteiger charge is 2.14. The predicted molar refractivity (Wildman–Crippen MR) is 110 cm³/mol. The Morgan fingerprint density at radius 3 is 2.21 bits per heavy atom. The van der Waals surface area contributed by atoms with Gasteiger partial charge in [0.25, 0.3) is 5.91 Å². The number of ether oxygens (including phenoxy) is 1. The maximum Gasteiger partial charge on any atom is 0.255 e. The number of hydrogen-bond acceptors (Lipinski definition) is 3. The van der Waals surface area contributed by atoms with Crippen molar-refractivity contribution in [1.29, 1.82) is 0 Å². The molecule has 4 nitrogen and oxygen atoms in total. The number of aryl methyl sites for hydroxylation is 1. The van der Waals surface area contributed by atoms with Crippen LogP contribution < -0.4 is 10.1 Å². The molecule has 0 aliphatic rings. The zero-order valence-corrected chi connectivity index (χ0v) is 15.9. The molecule has 4 heteroatoms. The van der Waals surface area contributed by atoms with Gasteiger partial charge in [0.1, 0.15) is 5.75 Å². The Hall–Kier alpha value is -3.40. The van der Waals surface area contributed by atoms with Crippen LogP contribution in [0.3, 0.4) is 0 Å². The summed E-state index contributed by atoms with van der Waals surface area (Å²) in [7, 11) is 0. The van der Waals surface area contributed by atoms with Crippen LogP contribution in [0.25, 0.3) is 0 Å². The molecule has 3 rings (SSSR count). The van der Waals surface area contributed by atoms with Crippen molar-refractivity contribution >= 4 is 11.7 Å². The topological polar surface area (TPSA) is 55.4 Å². The van der Waals surface area contributed by atoms with Crippen molar-refractivity contribution in [3.63, 3.8) is 0 Å². The molecule has 0 saturated heterocycles. The van der Waals surface area contributed by atoms with Gasteiger partial charge >= 0.3 is 0 Å². The van der Waals surface area contributed by atoms with E-state index in [-0.39, 0.29) is 18.3 Å². The monoisotopic (exact) mass is 373 g/mol. The van der Waals surface area contributed by atoms with Crippen molar-refractivity contribution in [1.82, 2.24) is 5.32 Å². The van der Waals surface area contributed by atoms with E-state index in [0.29, 0.717) is 23.4 Å². The Labute approximate surface area is 165 Å². The molecule has 0 unspecified atom stereocenters. The van der Waals surface area contributed by atoms with Crippen LogP contribution in [-0.2, 0) is 13.0 Å². The summed E-state index contributed by atoms with van der Waals surface area (Å²) < 4.78 is 5.67. The second-order valence-electron chi connectivity index (χ2n) is 6.43. The first-order valence-corrected chi connectivity index (χ1v) is 9.33. The van der Waals surface area contributed by atoms with E-state index < -0.39 is 0 Å². The molecule has 0 bridgehead atoms. The number of carbonyl (C=O) groups excluding carboxylic acids is 2. The molecular weight excluding hydrogens is 350 g/mol. The average Bonchev–Trinajstić information content (AvgIpc) is 2.76. The minimum Gasteiger partial charge on any atom is -0.485 e. The van der Waals surface area contributed by atoms with Gasteiger partial charge in [0.05, 0.1) is 5.56 Å². The summed E-state index contributed by atoms with van der Waals surface area (Å²) in [6.07, 6.45) is 0.927. The highest BCUT2D eigenvalue weighted by molar-refractivity contribution is 5.98. The first-order valence-electron chi connectivity index (χ1n) is 9.33. The highest BCUT2D eigenvalue weighted by atomic mass is 16.5. The van der Waals surface area contributed by atoms with Gasteiger partial charge in [-0.15, -0.1) is 0 Å². The molecule has 3 aromatic rings. The molecule has 0 radical (unpaired) electrons. The van der Waals surface area contributed by atoms with E-state index in [0.717, 1.165) is 12.0 Å². The van der Waals surface area contributed by atoms with Gasteiger partial charge < -0.3 is 10.1 Å². The van der Waals surface area contributed by atoms with E-state index in [1.54, 1.807) is 24.3 Å². The zero-order chi connectivity index (χ0) is 19.8. The van der Waals surface area contributed by atoms with Crippen molar-refractivity contribution in [3.05, 3.63) is 101 Å². The molecular formula is C24H23NO3. The van der Waals surface area contributed by atoms with E-state index in [1.165, 1.54) is 5.56 Å². The number of rotatable bonds is 8. The SMILES string of the molecule is CCc1ccc(C(=O)COc2ccccc2C(=O)NCc2ccccc2)cc1. The van der Waals surface area contributed by atoms with E-state index >= 15 is 0 Å². The van der Waals surface area contributed by atoms with Crippen molar-refractivity contribution in [2.75, 3.05) is 6.61 Å². The lowest BCUT2D eigenvalue weighted by Crippen LogP contribution is -2.24. The smallest absolute Gasteiger partial charge is 0.255 e. The maximum absolute atomic E-state index is 12.5. The van der Waals surface area contributed by atoms with Crippen LogP contribution in [0.5, 0.6) is 5.75 Å². The van der Waals surface area contributed by atoms with Crippen LogP contribution in [0.4, 0.5) is 0 Å². The highest BCUT2D eigenvalue weighted by Crippen LogP contribution is 2.18. The number of ketones is 1. The number of Topliss-reactive ketones (excluding diaryl/α,β-unsaturated/α-hetero) is 1. The standard InChI is InChI=1S/C24H23NO3/c1-2-18-12-14-20(15-13-18)22(26)17-28-23-11-7-6-10-21(23)24(27)25-16-19-8-4-3-5-9-19/h3-15H,2,16-17H2,1H3,(H,25,27). The minimum absolute atomic E-state index is 0.117. The van der Waals surface area contributed by atoms with Gasteiger partial charge in [0.2, 0.25) is 0 Å². The summed E-state index contributed by atoms with van der Waals surface area (Å²) >= 11 is 0. The normalized spacial score (nSPS) is 10.3. The lowest BCUT2D eigenvalue weighted by atomic mass is 10.1. The number of hydrogen-bond donors (Lipinski definition) is 1. The van der Waals surface area contributed by atoms with Crippen molar-refractivity contribution < 1.29 is 14.3 Å². The number of carbonyl (C=O) groups is 2. The number of benzene rings is 3. The molecule has 1 N–H and O–H groups in total. The number of para-hydroxylation sites is 1. The molecule has 1 amide bonds. The Balaban J connectivity index is 1.62. The maximum atomic E-state index is 12.5. The fourth-order valence-corrected chi connectivity index (χ4v) is 2.81. The third-order valence-corrected chi connectivity index (χ3v) is 4.47. The Bertz CT molecular complexity index is 934. The van der Waals surface area contributed by atoms with Crippen LogP contribution >= 0.6 is 0 Å². The number of nitrogens with one attached hydrogen (secondary N) is 1. The molecule has 0 aliphatic heterocycles. The minimum atomic E-state index is -0.237. The summed E-state index contributed by atoms with van der Waals surface area (Å²) in [6.45, 7) is 2.38. The van der Waals surface area contributed by atoms with E-state index in [4.69, 9.17) is 4.74 Å². The van der Waals surface area contributed by atoms with Gasteiger partial charge in [0, 0.05) is 12.1 Å². The van der Waals surface area contributed by atoms with Gasteiger partial charge in [-0.1, -0.05) is 73.7 Å². The first kappa shape index (κ1) is 19.4. The molecule has 142 valence electrons. The molecule has 0 aromatic heterocycles. The molecule has 0 atom stereocenters. The van der Waals surface area contributed by atoms with Crippen LogP contribution in [0.1, 0.15) is 38.8 Å². The molecule has 0 spiro atoms. The lowest BCUT2D eigenvalue weighted by molar-refractivity contribution is 0.0903. The first-order chi connectivity index (χ1) is 13.7. The Kier molecular flexibility index (Phi) is 6.58. The zero-order valence-electron chi connectivity index (χ0n) is 15.9. The third-order valence-electron chi connectivity index (χ3n) is 4.47. The summed E-state index contributed by atoms with van der Waals surface area (Å²) in [6, 6.07) is 24.1. The summed E-state index contributed by atoms with van der Waals surface area (Å²) in [5.41, 5.74) is 3.20. The quantitative estimate of drug-likeness (QED) is 0.594. The lowest BCUT2D eigenvalue weighted by Gasteiger charge is -2.11. The van der Waals surface area contributed by atoms with Gasteiger partial charge in [-0.05, 0) is 29.7 Å². The van der Waals surface area contributed by atoms with Crippen molar-refractivity contribution in [3.8, 4) is 5.75 Å². The van der Waals surface area contributed by atoms with Gasteiger partial charge in [-0.25, -0.2) is 0 Å². The largest absolute Gasteiger partial charge is 0.485 e. The number of amides is 1. The Morgan fingerprint density at radius 1 is 0.821 bits per heavy atom. The molecule has 3 aromatic carbocycles. The van der Waals surface area contributed by atoms with Gasteiger partial charge in [-0.3, -0.25) is 9.59 Å². The molecule has 0 saturated carbocycles. The van der Waals surface area contributed by atoms with E-state index in [9.17, 15) is 9.59 Å². The molecule has 28 heavy (non-hydrogen) atoms. The fourth-order valence-electron chi connectivity index (χ4n) is 2.81. The van der Waals surface area contributed by atoms with Gasteiger partial charge in [0.15, 0.2) is 12.4 Å².